The van der Waals surface area contributed by atoms with Gasteiger partial charge in [-0.15, -0.1) is 11.3 Å². The first-order chi connectivity index (χ1) is 13.9. The Morgan fingerprint density at radius 3 is 2.72 bits per heavy atom. The van der Waals surface area contributed by atoms with Crippen LogP contribution in [0.2, 0.25) is 0 Å². The molecule has 0 saturated carbocycles. The second-order valence-corrected chi connectivity index (χ2v) is 8.36. The summed E-state index contributed by atoms with van der Waals surface area (Å²) >= 11 is 1.33. The number of ether oxygens (including phenoxy) is 1. The number of likely N-dealkylation sites (tertiary alicyclic amines) is 1. The lowest BCUT2D eigenvalue weighted by Gasteiger charge is -2.31. The quantitative estimate of drug-likeness (QED) is 0.661. The molecule has 1 aliphatic rings. The van der Waals surface area contributed by atoms with E-state index in [4.69, 9.17) is 4.74 Å². The summed E-state index contributed by atoms with van der Waals surface area (Å²) in [5, 5.41) is 9.69. The second-order valence-electron chi connectivity index (χ2n) is 7.50. The van der Waals surface area contributed by atoms with Crippen molar-refractivity contribution in [3.05, 3.63) is 28.5 Å². The first kappa shape index (κ1) is 21.4. The van der Waals surface area contributed by atoms with Crippen LogP contribution in [-0.2, 0) is 27.3 Å². The first-order valence-electron chi connectivity index (χ1n) is 10.1. The monoisotopic (exact) mass is 419 g/mol. The highest BCUT2D eigenvalue weighted by molar-refractivity contribution is 7.13. The average molecular weight is 420 g/mol. The lowest BCUT2D eigenvalue weighted by molar-refractivity contribution is -0.142. The maximum atomic E-state index is 12.3. The molecule has 0 unspecified atom stereocenters. The Balaban J connectivity index is 1.40. The van der Waals surface area contributed by atoms with E-state index in [1.807, 2.05) is 6.92 Å². The number of carbonyl (C=O) groups excluding carboxylic acids is 2. The van der Waals surface area contributed by atoms with Gasteiger partial charge in [-0.3, -0.25) is 19.2 Å². The normalized spacial score (nSPS) is 15.4. The maximum absolute atomic E-state index is 12.3. The number of amides is 1. The van der Waals surface area contributed by atoms with Gasteiger partial charge >= 0.3 is 5.97 Å². The molecule has 158 valence electrons. The van der Waals surface area contributed by atoms with Gasteiger partial charge in [-0.05, 0) is 58.7 Å². The second kappa shape index (κ2) is 9.98. The molecule has 1 fully saturated rings. The van der Waals surface area contributed by atoms with E-state index in [-0.39, 0.29) is 18.3 Å². The number of piperidine rings is 1. The summed E-state index contributed by atoms with van der Waals surface area (Å²) in [5.41, 5.74) is 2.88. The fraction of sp³-hybridized carbons (Fsp3) is 0.600. The molecule has 2 aromatic heterocycles. The van der Waals surface area contributed by atoms with Crippen LogP contribution in [0.25, 0.3) is 0 Å². The Labute approximate surface area is 175 Å². The summed E-state index contributed by atoms with van der Waals surface area (Å²) in [6.45, 7) is 9.36. The van der Waals surface area contributed by atoms with E-state index in [1.165, 1.54) is 17.0 Å². The Hall–Kier alpha value is -2.26. The molecule has 0 bridgehead atoms. The van der Waals surface area contributed by atoms with E-state index >= 15 is 0 Å². The fourth-order valence-electron chi connectivity index (χ4n) is 3.60. The fourth-order valence-corrected chi connectivity index (χ4v) is 4.33. The van der Waals surface area contributed by atoms with Crippen molar-refractivity contribution in [3.8, 4) is 0 Å². The van der Waals surface area contributed by atoms with Crippen LogP contribution in [0.1, 0.15) is 36.8 Å². The lowest BCUT2D eigenvalue weighted by Crippen LogP contribution is -2.40. The molecule has 8 nitrogen and oxygen atoms in total. The van der Waals surface area contributed by atoms with E-state index in [0.29, 0.717) is 29.9 Å². The zero-order valence-corrected chi connectivity index (χ0v) is 18.1. The van der Waals surface area contributed by atoms with Crippen molar-refractivity contribution in [3.63, 3.8) is 0 Å². The highest BCUT2D eigenvalue weighted by Gasteiger charge is 2.22. The first-order valence-corrected chi connectivity index (χ1v) is 10.9. The molecule has 2 aromatic rings. The number of hydrogen-bond acceptors (Lipinski definition) is 7. The number of rotatable bonds is 8. The van der Waals surface area contributed by atoms with Gasteiger partial charge in [0.1, 0.15) is 0 Å². The van der Waals surface area contributed by atoms with Crippen molar-refractivity contribution >= 4 is 28.3 Å². The van der Waals surface area contributed by atoms with Gasteiger partial charge in [0.2, 0.25) is 5.91 Å². The van der Waals surface area contributed by atoms with Crippen LogP contribution in [0.15, 0.2) is 11.4 Å². The summed E-state index contributed by atoms with van der Waals surface area (Å²) < 4.78 is 7.01. The Morgan fingerprint density at radius 2 is 2.07 bits per heavy atom. The van der Waals surface area contributed by atoms with Crippen LogP contribution in [-0.4, -0.2) is 57.8 Å². The van der Waals surface area contributed by atoms with Crippen LogP contribution in [0.5, 0.6) is 0 Å². The largest absolute Gasteiger partial charge is 0.466 e. The van der Waals surface area contributed by atoms with E-state index < -0.39 is 0 Å². The maximum Gasteiger partial charge on any atom is 0.311 e. The zero-order valence-electron chi connectivity index (χ0n) is 17.3. The Morgan fingerprint density at radius 1 is 1.31 bits per heavy atom. The number of aryl methyl sites for hydroxylation is 2. The lowest BCUT2D eigenvalue weighted by atomic mass is 9.97. The number of esters is 1. The number of hydrogen-bond donors (Lipinski definition) is 1. The van der Waals surface area contributed by atoms with Crippen molar-refractivity contribution in [2.75, 3.05) is 31.6 Å². The predicted molar refractivity (Wildman–Crippen MR) is 112 cm³/mol. The van der Waals surface area contributed by atoms with Gasteiger partial charge in [-0.2, -0.15) is 5.10 Å². The highest BCUT2D eigenvalue weighted by Crippen LogP contribution is 2.20. The van der Waals surface area contributed by atoms with Gasteiger partial charge < -0.3 is 10.1 Å². The average Bonchev–Trinajstić information content (AvgIpc) is 3.22. The Kier molecular flexibility index (Phi) is 7.38. The number of nitrogens with zero attached hydrogens (tertiary/aromatic N) is 4. The van der Waals surface area contributed by atoms with Gasteiger partial charge in [0.05, 0.1) is 31.0 Å². The molecular weight excluding hydrogens is 390 g/mol. The molecule has 3 heterocycles. The van der Waals surface area contributed by atoms with Crippen molar-refractivity contribution < 1.29 is 14.3 Å². The van der Waals surface area contributed by atoms with Crippen LogP contribution in [0, 0.1) is 19.8 Å². The van der Waals surface area contributed by atoms with Crippen molar-refractivity contribution in [2.45, 2.75) is 46.6 Å². The van der Waals surface area contributed by atoms with Crippen LogP contribution >= 0.6 is 11.3 Å². The number of thiazole rings is 1. The van der Waals surface area contributed by atoms with Crippen molar-refractivity contribution in [1.29, 1.82) is 0 Å². The van der Waals surface area contributed by atoms with E-state index in [2.05, 4.69) is 38.0 Å². The Bertz CT molecular complexity index is 839. The molecule has 0 spiro atoms. The minimum Gasteiger partial charge on any atom is -0.466 e. The van der Waals surface area contributed by atoms with Gasteiger partial charge in [-0.1, -0.05) is 0 Å². The summed E-state index contributed by atoms with van der Waals surface area (Å²) in [6, 6.07) is 2.11. The number of aromatic nitrogens is 3. The topological polar surface area (TPSA) is 89.4 Å². The standard InChI is InChI=1S/C20H29N5O3S/c1-4-28-19(27)10-17-13-29-20(21-17)22-18(26)12-24-7-5-16(6-8-24)11-25-15(3)9-14(2)23-25/h9,13,16H,4-8,10-12H2,1-3H3,(H,21,22,26). The molecular formula is C20H29N5O3S. The zero-order chi connectivity index (χ0) is 20.8. The molecule has 0 radical (unpaired) electrons. The summed E-state index contributed by atoms with van der Waals surface area (Å²) in [6.07, 6.45) is 2.25. The molecule has 0 aliphatic carbocycles. The molecule has 3 rings (SSSR count). The predicted octanol–water partition coefficient (Wildman–Crippen LogP) is 2.41. The van der Waals surface area contributed by atoms with Gasteiger partial charge in [0, 0.05) is 17.6 Å². The minimum absolute atomic E-state index is 0.0703. The molecule has 1 saturated heterocycles. The molecule has 0 aromatic carbocycles. The third kappa shape index (κ3) is 6.37. The molecule has 9 heteroatoms. The van der Waals surface area contributed by atoms with Crippen LogP contribution in [0.4, 0.5) is 5.13 Å². The molecule has 1 N–H and O–H groups in total. The summed E-state index contributed by atoms with van der Waals surface area (Å²) in [7, 11) is 0. The minimum atomic E-state index is -0.306. The van der Waals surface area contributed by atoms with E-state index in [9.17, 15) is 9.59 Å². The van der Waals surface area contributed by atoms with Crippen molar-refractivity contribution in [2.24, 2.45) is 5.92 Å². The smallest absolute Gasteiger partial charge is 0.311 e. The third-order valence-corrected chi connectivity index (χ3v) is 5.84. The molecule has 1 aliphatic heterocycles. The molecule has 29 heavy (non-hydrogen) atoms. The van der Waals surface area contributed by atoms with Crippen molar-refractivity contribution in [1.82, 2.24) is 19.7 Å². The van der Waals surface area contributed by atoms with Gasteiger partial charge in [0.15, 0.2) is 5.13 Å². The summed E-state index contributed by atoms with van der Waals surface area (Å²) in [5.74, 6) is 0.217. The van der Waals surface area contributed by atoms with Gasteiger partial charge in [-0.25, -0.2) is 4.98 Å². The third-order valence-electron chi connectivity index (χ3n) is 5.04. The number of nitrogens with one attached hydrogen (secondary N) is 1. The van der Waals surface area contributed by atoms with E-state index in [1.54, 1.807) is 12.3 Å². The summed E-state index contributed by atoms with van der Waals surface area (Å²) in [4.78, 5) is 30.3. The number of carbonyl (C=O) groups is 2. The SMILES string of the molecule is CCOC(=O)Cc1csc(NC(=O)CN2CCC(Cn3nc(C)cc3C)CC2)n1. The molecule has 0 atom stereocenters. The number of anilines is 1. The molecule has 1 amide bonds. The highest BCUT2D eigenvalue weighted by atomic mass is 32.1. The van der Waals surface area contributed by atoms with E-state index in [0.717, 1.165) is 38.2 Å². The van der Waals surface area contributed by atoms with Gasteiger partial charge in [0.25, 0.3) is 0 Å². The van der Waals surface area contributed by atoms with Crippen LogP contribution in [0.3, 0.4) is 0 Å². The van der Waals surface area contributed by atoms with Crippen LogP contribution < -0.4 is 5.32 Å².